The first kappa shape index (κ1) is 17.4. The van der Waals surface area contributed by atoms with Gasteiger partial charge >= 0.3 is 5.97 Å². The summed E-state index contributed by atoms with van der Waals surface area (Å²) in [6.07, 6.45) is -1.13. The zero-order valence-electron chi connectivity index (χ0n) is 11.8. The van der Waals surface area contributed by atoms with Gasteiger partial charge in [0, 0.05) is 17.0 Å². The fourth-order valence-corrected chi connectivity index (χ4v) is 4.85. The molecule has 2 aromatic carbocycles. The lowest BCUT2D eigenvalue weighted by Gasteiger charge is -2.11. The van der Waals surface area contributed by atoms with Gasteiger partial charge in [-0.2, -0.15) is 0 Å². The minimum absolute atomic E-state index is 0.000376. The summed E-state index contributed by atoms with van der Waals surface area (Å²) >= 11 is 18.1. The van der Waals surface area contributed by atoms with Gasteiger partial charge in [-0.15, -0.1) is 0 Å². The molecule has 1 aliphatic heterocycles. The van der Waals surface area contributed by atoms with Gasteiger partial charge in [0.1, 0.15) is 10.8 Å². The highest BCUT2D eigenvalue weighted by atomic mass is 35.5. The first-order valence-corrected chi connectivity index (χ1v) is 9.24. The maximum atomic E-state index is 12.8. The second-order valence-corrected chi connectivity index (χ2v) is 8.21. The molecule has 126 valence electrons. The van der Waals surface area contributed by atoms with E-state index in [0.29, 0.717) is 5.56 Å². The minimum Gasteiger partial charge on any atom is -0.478 e. The van der Waals surface area contributed by atoms with Crippen molar-refractivity contribution < 1.29 is 23.1 Å². The van der Waals surface area contributed by atoms with E-state index in [2.05, 4.69) is 0 Å². The fourth-order valence-electron chi connectivity index (χ4n) is 2.39. The molecule has 0 aliphatic carbocycles. The summed E-state index contributed by atoms with van der Waals surface area (Å²) in [7, 11) is -3.98. The Morgan fingerprint density at radius 2 is 1.88 bits per heavy atom. The lowest BCUT2D eigenvalue weighted by atomic mass is 10.1. The van der Waals surface area contributed by atoms with Gasteiger partial charge in [-0.05, 0) is 24.3 Å². The van der Waals surface area contributed by atoms with Crippen molar-refractivity contribution in [2.45, 2.75) is 22.3 Å². The molecule has 5 nitrogen and oxygen atoms in total. The number of halogens is 3. The lowest BCUT2D eigenvalue weighted by molar-refractivity contribution is -0.144. The number of carboxylic acids is 1. The topological polar surface area (TPSA) is 80.7 Å². The van der Waals surface area contributed by atoms with Crippen molar-refractivity contribution in [1.82, 2.24) is 0 Å². The van der Waals surface area contributed by atoms with Crippen LogP contribution < -0.4 is 4.74 Å². The number of hydrogen-bond donors (Lipinski definition) is 1. The molecule has 1 aliphatic rings. The van der Waals surface area contributed by atoms with Gasteiger partial charge in [-0.1, -0.05) is 40.9 Å². The van der Waals surface area contributed by atoms with E-state index in [-0.39, 0.29) is 37.0 Å². The summed E-state index contributed by atoms with van der Waals surface area (Å²) in [5.74, 6) is -1.07. The van der Waals surface area contributed by atoms with Crippen molar-refractivity contribution in [2.24, 2.45) is 0 Å². The molecule has 3 rings (SSSR count). The number of sulfone groups is 1. The first-order chi connectivity index (χ1) is 11.2. The molecule has 9 heteroatoms. The smallest absolute Gasteiger partial charge is 0.345 e. The van der Waals surface area contributed by atoms with E-state index in [1.54, 1.807) is 6.07 Å². The molecule has 1 atom stereocenters. The third kappa shape index (κ3) is 2.84. The number of aliphatic carboxylic acids is 1. The van der Waals surface area contributed by atoms with E-state index in [1.165, 1.54) is 24.3 Å². The molecule has 24 heavy (non-hydrogen) atoms. The predicted molar refractivity (Wildman–Crippen MR) is 89.1 cm³/mol. The molecule has 0 radical (unpaired) electrons. The van der Waals surface area contributed by atoms with Crippen LogP contribution in [0.1, 0.15) is 5.56 Å². The van der Waals surface area contributed by atoms with E-state index in [9.17, 15) is 13.2 Å². The molecule has 1 unspecified atom stereocenters. The first-order valence-electron chi connectivity index (χ1n) is 6.63. The van der Waals surface area contributed by atoms with Crippen molar-refractivity contribution in [1.29, 1.82) is 0 Å². The SMILES string of the molecule is O=C(O)C1Cc2cc(S(=O)(=O)c3cccc(Cl)c3)c(Cl)c(Cl)c2O1. The number of fused-ring (bicyclic) bond motifs is 1. The Balaban J connectivity index is 2.16. The summed E-state index contributed by atoms with van der Waals surface area (Å²) in [5, 5.41) is 8.96. The van der Waals surface area contributed by atoms with Crippen LogP contribution >= 0.6 is 34.8 Å². The highest BCUT2D eigenvalue weighted by Gasteiger charge is 2.35. The van der Waals surface area contributed by atoms with Crippen molar-refractivity contribution >= 4 is 50.6 Å². The van der Waals surface area contributed by atoms with Crippen molar-refractivity contribution in [3.63, 3.8) is 0 Å². The monoisotopic (exact) mass is 406 g/mol. The molecule has 0 bridgehead atoms. The van der Waals surface area contributed by atoms with Gasteiger partial charge in [-0.25, -0.2) is 13.2 Å². The molecule has 1 heterocycles. The predicted octanol–water partition coefficient (Wildman–Crippen LogP) is 3.87. The molecule has 2 aromatic rings. The molecule has 0 amide bonds. The standard InChI is InChI=1S/C15H9Cl3O5S/c16-8-2-1-3-9(6-8)24(21,22)11-5-7-4-10(15(19)20)23-14(7)13(18)12(11)17/h1-3,5-6,10H,4H2,(H,19,20). The molecule has 0 aromatic heterocycles. The van der Waals surface area contributed by atoms with Crippen LogP contribution in [0.5, 0.6) is 5.75 Å². The third-order valence-electron chi connectivity index (χ3n) is 3.54. The number of rotatable bonds is 3. The van der Waals surface area contributed by atoms with Crippen molar-refractivity contribution in [3.8, 4) is 5.75 Å². The van der Waals surface area contributed by atoms with E-state index < -0.39 is 21.9 Å². The van der Waals surface area contributed by atoms with Crippen LogP contribution in [-0.4, -0.2) is 25.6 Å². The molecule has 0 saturated carbocycles. The molecule has 0 saturated heterocycles. The van der Waals surface area contributed by atoms with Gasteiger partial charge in [0.2, 0.25) is 9.84 Å². The molecular weight excluding hydrogens is 399 g/mol. The second kappa shape index (κ2) is 6.11. The Morgan fingerprint density at radius 1 is 1.17 bits per heavy atom. The highest BCUT2D eigenvalue weighted by molar-refractivity contribution is 7.91. The molecule has 0 fully saturated rings. The normalized spacial score (nSPS) is 16.5. The summed E-state index contributed by atoms with van der Waals surface area (Å²) < 4.78 is 30.9. The van der Waals surface area contributed by atoms with Crippen LogP contribution in [0.3, 0.4) is 0 Å². The van der Waals surface area contributed by atoms with Gasteiger partial charge in [-0.3, -0.25) is 0 Å². The van der Waals surface area contributed by atoms with E-state index >= 15 is 0 Å². The molecule has 1 N–H and O–H groups in total. The summed E-state index contributed by atoms with van der Waals surface area (Å²) in [6.45, 7) is 0. The van der Waals surface area contributed by atoms with Crippen LogP contribution in [0, 0.1) is 0 Å². The van der Waals surface area contributed by atoms with Crippen LogP contribution in [-0.2, 0) is 21.1 Å². The van der Waals surface area contributed by atoms with E-state index in [4.69, 9.17) is 44.6 Å². The van der Waals surface area contributed by atoms with Crippen molar-refractivity contribution in [3.05, 3.63) is 51.0 Å². The quantitative estimate of drug-likeness (QED) is 0.835. The second-order valence-electron chi connectivity index (χ2n) is 5.10. The zero-order chi connectivity index (χ0) is 17.6. The Labute approximate surface area is 152 Å². The lowest BCUT2D eigenvalue weighted by Crippen LogP contribution is -2.24. The van der Waals surface area contributed by atoms with Crippen LogP contribution in [0.2, 0.25) is 15.1 Å². The Hall–Kier alpha value is -1.47. The van der Waals surface area contributed by atoms with Gasteiger partial charge < -0.3 is 9.84 Å². The number of hydrogen-bond acceptors (Lipinski definition) is 4. The summed E-state index contributed by atoms with van der Waals surface area (Å²) in [6, 6.07) is 7.02. The summed E-state index contributed by atoms with van der Waals surface area (Å²) in [5.41, 5.74) is 0.373. The Bertz CT molecular complexity index is 956. The van der Waals surface area contributed by atoms with Crippen LogP contribution in [0.15, 0.2) is 40.1 Å². The van der Waals surface area contributed by atoms with Crippen LogP contribution in [0.4, 0.5) is 0 Å². The molecular formula is C15H9Cl3O5S. The van der Waals surface area contributed by atoms with Crippen molar-refractivity contribution in [2.75, 3.05) is 0 Å². The number of carbonyl (C=O) groups is 1. The van der Waals surface area contributed by atoms with E-state index in [0.717, 1.165) is 0 Å². The summed E-state index contributed by atoms with van der Waals surface area (Å²) in [4.78, 5) is 10.8. The average molecular weight is 408 g/mol. The van der Waals surface area contributed by atoms with Gasteiger partial charge in [0.15, 0.2) is 6.10 Å². The average Bonchev–Trinajstić information content (AvgIpc) is 2.95. The van der Waals surface area contributed by atoms with Crippen LogP contribution in [0.25, 0.3) is 0 Å². The highest BCUT2D eigenvalue weighted by Crippen LogP contribution is 2.45. The third-order valence-corrected chi connectivity index (χ3v) is 6.51. The molecule has 0 spiro atoms. The Kier molecular flexibility index (Phi) is 4.42. The minimum atomic E-state index is -3.98. The number of carboxylic acid groups (broad SMARTS) is 1. The zero-order valence-corrected chi connectivity index (χ0v) is 14.9. The van der Waals surface area contributed by atoms with Gasteiger partial charge in [0.05, 0.1) is 14.8 Å². The fraction of sp³-hybridized carbons (Fsp3) is 0.133. The largest absolute Gasteiger partial charge is 0.478 e. The maximum absolute atomic E-state index is 12.8. The Morgan fingerprint density at radius 3 is 2.50 bits per heavy atom. The van der Waals surface area contributed by atoms with Gasteiger partial charge in [0.25, 0.3) is 0 Å². The number of benzene rings is 2. The van der Waals surface area contributed by atoms with E-state index in [1.807, 2.05) is 0 Å². The maximum Gasteiger partial charge on any atom is 0.345 e. The number of ether oxygens (including phenoxy) is 1.